The van der Waals surface area contributed by atoms with Gasteiger partial charge in [0.2, 0.25) is 11.8 Å². The Bertz CT molecular complexity index is 1420. The fourth-order valence-electron chi connectivity index (χ4n) is 5.62. The van der Waals surface area contributed by atoms with Crippen molar-refractivity contribution >= 4 is 40.6 Å². The molecule has 3 amide bonds. The molecule has 2 aromatic heterocycles. The Labute approximate surface area is 291 Å². The first kappa shape index (κ1) is 37.4. The number of carbonyl (C=O) groups excluding carboxylic acids is 3. The molecule has 1 aliphatic rings. The van der Waals surface area contributed by atoms with Crippen LogP contribution in [0.25, 0.3) is 0 Å². The van der Waals surface area contributed by atoms with Gasteiger partial charge in [0.15, 0.2) is 0 Å². The van der Waals surface area contributed by atoms with Gasteiger partial charge in [0.1, 0.15) is 12.6 Å². The molecule has 3 aromatic rings. The Morgan fingerprint density at radius 3 is 2.35 bits per heavy atom. The molecule has 4 N–H and O–H groups in total. The van der Waals surface area contributed by atoms with Crippen molar-refractivity contribution in [3.05, 3.63) is 69.1 Å². The van der Waals surface area contributed by atoms with E-state index < -0.39 is 35.7 Å². The number of aromatic nitrogens is 2. The van der Waals surface area contributed by atoms with E-state index in [0.717, 1.165) is 21.9 Å². The second kappa shape index (κ2) is 17.8. The molecular weight excluding hydrogens is 651 g/mol. The number of rotatable bonds is 15. The van der Waals surface area contributed by atoms with E-state index in [4.69, 9.17) is 4.74 Å². The standard InChI is InChI=1S/C34H49N7O5S2/c1-23(2)27(16-37-33(45)46-20-26-15-36-22-48-26)31(43)38-28(13-24-9-7-6-8-10-24)30(42)19-41-12-11-40(17-25-14-35-21-47-25)18-29(41)32(44)39-34(3,4)5/h6-10,14-15,21-23,27-30,42H,11-13,16-20H2,1-5H3,(H,37,45)(H,38,43)(H,39,44)/t27-,28+,29+,30-/m0/s1. The maximum absolute atomic E-state index is 13.8. The highest BCUT2D eigenvalue weighted by Gasteiger charge is 2.37. The van der Waals surface area contributed by atoms with Crippen molar-refractivity contribution in [2.75, 3.05) is 32.7 Å². The van der Waals surface area contributed by atoms with E-state index >= 15 is 0 Å². The fourth-order valence-corrected chi connectivity index (χ4v) is 6.76. The van der Waals surface area contributed by atoms with Gasteiger partial charge in [0.25, 0.3) is 0 Å². The minimum atomic E-state index is -0.975. The molecule has 262 valence electrons. The van der Waals surface area contributed by atoms with Crippen LogP contribution in [0.5, 0.6) is 0 Å². The Kier molecular flexibility index (Phi) is 13.9. The summed E-state index contributed by atoms with van der Waals surface area (Å²) in [6.07, 6.45) is 2.30. The second-order valence-electron chi connectivity index (χ2n) is 13.6. The van der Waals surface area contributed by atoms with Crippen molar-refractivity contribution in [2.24, 2.45) is 11.8 Å². The molecule has 12 nitrogen and oxygen atoms in total. The van der Waals surface area contributed by atoms with Crippen molar-refractivity contribution in [1.29, 1.82) is 0 Å². The number of alkyl carbamates (subject to hydrolysis) is 1. The molecule has 0 aliphatic carbocycles. The number of β-amino-alcohol motifs (C(OH)–C–C–N with tert-alkyl or cyclic N) is 1. The minimum Gasteiger partial charge on any atom is -0.444 e. The number of benzene rings is 1. The van der Waals surface area contributed by atoms with Crippen LogP contribution >= 0.6 is 22.7 Å². The fraction of sp³-hybridized carbons (Fsp3) is 0.559. The normalized spacial score (nSPS) is 17.8. The van der Waals surface area contributed by atoms with Crippen molar-refractivity contribution < 1.29 is 24.2 Å². The van der Waals surface area contributed by atoms with Crippen molar-refractivity contribution in [2.45, 2.75) is 77.9 Å². The smallest absolute Gasteiger partial charge is 0.407 e. The number of carbonyl (C=O) groups is 3. The SMILES string of the molecule is CC(C)[C@H](CNC(=O)OCc1cncs1)C(=O)N[C@H](Cc1ccccc1)[C@@H](O)CN1CCN(Cc2cncs2)C[C@@H]1C(=O)NC(C)(C)C. The van der Waals surface area contributed by atoms with E-state index in [0.29, 0.717) is 26.1 Å². The van der Waals surface area contributed by atoms with Crippen LogP contribution in [0, 0.1) is 11.8 Å². The van der Waals surface area contributed by atoms with Crippen molar-refractivity contribution in [1.82, 2.24) is 35.7 Å². The van der Waals surface area contributed by atoms with Gasteiger partial charge in [0.05, 0.1) is 34.0 Å². The average molecular weight is 700 g/mol. The number of hydrogen-bond donors (Lipinski definition) is 4. The lowest BCUT2D eigenvalue weighted by Crippen LogP contribution is -2.63. The first-order chi connectivity index (χ1) is 22.9. The van der Waals surface area contributed by atoms with E-state index in [1.807, 2.05) is 81.6 Å². The number of aliphatic hydroxyl groups excluding tert-OH is 1. The molecule has 1 aliphatic heterocycles. The third-order valence-corrected chi connectivity index (χ3v) is 9.71. The molecular formula is C34H49N7O5S2. The highest BCUT2D eigenvalue weighted by molar-refractivity contribution is 7.09. The molecule has 0 saturated carbocycles. The first-order valence-electron chi connectivity index (χ1n) is 16.3. The molecule has 1 saturated heterocycles. The van der Waals surface area contributed by atoms with Gasteiger partial charge < -0.3 is 25.8 Å². The number of piperazine rings is 1. The van der Waals surface area contributed by atoms with Gasteiger partial charge in [-0.2, -0.15) is 0 Å². The lowest BCUT2D eigenvalue weighted by molar-refractivity contribution is -0.132. The zero-order valence-corrected chi connectivity index (χ0v) is 30.1. The van der Waals surface area contributed by atoms with Crippen LogP contribution in [-0.2, 0) is 33.9 Å². The van der Waals surface area contributed by atoms with Gasteiger partial charge in [-0.15, -0.1) is 22.7 Å². The molecule has 0 radical (unpaired) electrons. The molecule has 4 rings (SSSR count). The topological polar surface area (TPSA) is 149 Å². The number of amides is 3. The second-order valence-corrected chi connectivity index (χ2v) is 15.5. The summed E-state index contributed by atoms with van der Waals surface area (Å²) in [6, 6.07) is 8.57. The summed E-state index contributed by atoms with van der Waals surface area (Å²) >= 11 is 2.98. The molecule has 3 heterocycles. The van der Waals surface area contributed by atoms with Crippen LogP contribution in [-0.4, -0.2) is 99.2 Å². The monoisotopic (exact) mass is 699 g/mol. The largest absolute Gasteiger partial charge is 0.444 e. The van der Waals surface area contributed by atoms with Crippen LogP contribution in [0.4, 0.5) is 4.79 Å². The Hall–Kier alpha value is -3.43. The van der Waals surface area contributed by atoms with Gasteiger partial charge >= 0.3 is 6.09 Å². The molecule has 14 heteroatoms. The highest BCUT2D eigenvalue weighted by atomic mass is 32.1. The Morgan fingerprint density at radius 1 is 1.04 bits per heavy atom. The minimum absolute atomic E-state index is 0.0793. The first-order valence-corrected chi connectivity index (χ1v) is 18.1. The number of nitrogens with one attached hydrogen (secondary N) is 3. The third kappa shape index (κ3) is 11.9. The number of hydrogen-bond acceptors (Lipinski definition) is 11. The number of aliphatic hydroxyl groups is 1. The Morgan fingerprint density at radius 2 is 1.73 bits per heavy atom. The van der Waals surface area contributed by atoms with E-state index in [1.165, 1.54) is 11.3 Å². The van der Waals surface area contributed by atoms with Crippen LogP contribution < -0.4 is 16.0 Å². The molecule has 1 fully saturated rings. The molecule has 1 aromatic carbocycles. The summed E-state index contributed by atoms with van der Waals surface area (Å²) in [7, 11) is 0. The van der Waals surface area contributed by atoms with Gasteiger partial charge in [-0.25, -0.2) is 4.79 Å². The van der Waals surface area contributed by atoms with Crippen molar-refractivity contribution in [3.63, 3.8) is 0 Å². The van der Waals surface area contributed by atoms with E-state index in [2.05, 4.69) is 30.8 Å². The molecule has 0 unspecified atom stereocenters. The van der Waals surface area contributed by atoms with Crippen LogP contribution in [0.2, 0.25) is 0 Å². The third-order valence-electron chi connectivity index (χ3n) is 8.19. The van der Waals surface area contributed by atoms with Gasteiger partial charge in [-0.1, -0.05) is 44.2 Å². The van der Waals surface area contributed by atoms with Gasteiger partial charge in [-0.3, -0.25) is 29.4 Å². The van der Waals surface area contributed by atoms with E-state index in [9.17, 15) is 19.5 Å². The Balaban J connectivity index is 1.45. The van der Waals surface area contributed by atoms with Gasteiger partial charge in [-0.05, 0) is 38.7 Å². The van der Waals surface area contributed by atoms with Crippen molar-refractivity contribution in [3.8, 4) is 0 Å². The quantitative estimate of drug-likeness (QED) is 0.188. The van der Waals surface area contributed by atoms with Crippen LogP contribution in [0.3, 0.4) is 0 Å². The van der Waals surface area contributed by atoms with E-state index in [1.54, 1.807) is 23.0 Å². The summed E-state index contributed by atoms with van der Waals surface area (Å²) in [5, 5.41) is 20.7. The lowest BCUT2D eigenvalue weighted by Gasteiger charge is -2.43. The van der Waals surface area contributed by atoms with E-state index in [-0.39, 0.29) is 37.4 Å². The number of nitrogens with zero attached hydrogens (tertiary/aromatic N) is 4. The molecule has 0 spiro atoms. The lowest BCUT2D eigenvalue weighted by atomic mass is 9.93. The van der Waals surface area contributed by atoms with Gasteiger partial charge in [0, 0.05) is 62.1 Å². The summed E-state index contributed by atoms with van der Waals surface area (Å²) in [5.41, 5.74) is 4.02. The molecule has 48 heavy (non-hydrogen) atoms. The number of ether oxygens (including phenoxy) is 1. The number of thiazole rings is 2. The predicted molar refractivity (Wildman–Crippen MR) is 187 cm³/mol. The summed E-state index contributed by atoms with van der Waals surface area (Å²) in [4.78, 5) is 54.2. The van der Waals surface area contributed by atoms with Crippen LogP contribution in [0.1, 0.15) is 49.9 Å². The molecule has 4 atom stereocenters. The van der Waals surface area contributed by atoms with Crippen LogP contribution in [0.15, 0.2) is 53.7 Å². The summed E-state index contributed by atoms with van der Waals surface area (Å²) in [5.74, 6) is -1.03. The summed E-state index contributed by atoms with van der Waals surface area (Å²) < 4.78 is 5.28. The summed E-state index contributed by atoms with van der Waals surface area (Å²) in [6.45, 7) is 12.6. The molecule has 0 bridgehead atoms. The predicted octanol–water partition coefficient (Wildman–Crippen LogP) is 3.29. The average Bonchev–Trinajstić information content (AvgIpc) is 3.75. The maximum atomic E-state index is 13.8. The highest BCUT2D eigenvalue weighted by Crippen LogP contribution is 2.19. The maximum Gasteiger partial charge on any atom is 0.407 e. The zero-order valence-electron chi connectivity index (χ0n) is 28.4. The zero-order chi connectivity index (χ0) is 34.7.